The van der Waals surface area contributed by atoms with Crippen molar-refractivity contribution in [3.8, 4) is 5.75 Å². The van der Waals surface area contributed by atoms with E-state index in [1.165, 1.54) is 0 Å². The predicted molar refractivity (Wildman–Crippen MR) is 129 cm³/mol. The van der Waals surface area contributed by atoms with Crippen LogP contribution in [0.1, 0.15) is 49.6 Å². The van der Waals surface area contributed by atoms with Crippen LogP contribution in [0.15, 0.2) is 36.5 Å². The highest BCUT2D eigenvalue weighted by Crippen LogP contribution is 2.36. The van der Waals surface area contributed by atoms with Crippen molar-refractivity contribution in [2.45, 2.75) is 39.2 Å². The minimum absolute atomic E-state index is 0.0585. The number of rotatable bonds is 7. The summed E-state index contributed by atoms with van der Waals surface area (Å²) in [6, 6.07) is 9.11. The van der Waals surface area contributed by atoms with E-state index in [9.17, 15) is 9.59 Å². The normalized spacial score (nSPS) is 21.1. The lowest BCUT2D eigenvalue weighted by Gasteiger charge is -2.43. The van der Waals surface area contributed by atoms with E-state index in [0.29, 0.717) is 68.9 Å². The Morgan fingerprint density at radius 3 is 2.71 bits per heavy atom. The Labute approximate surface area is 205 Å². The maximum absolute atomic E-state index is 13.5. The number of nitrogens with zero attached hydrogens (tertiary/aromatic N) is 4. The largest absolute Gasteiger partial charge is 0.493 e. The van der Waals surface area contributed by atoms with Crippen molar-refractivity contribution in [1.29, 1.82) is 0 Å². The molecule has 184 valence electrons. The van der Waals surface area contributed by atoms with Crippen molar-refractivity contribution in [3.05, 3.63) is 47.2 Å². The third-order valence-corrected chi connectivity index (χ3v) is 6.79. The average Bonchev–Trinajstić information content (AvgIpc) is 3.34. The van der Waals surface area contributed by atoms with Crippen LogP contribution < -0.4 is 4.74 Å². The first-order chi connectivity index (χ1) is 16.4. The van der Waals surface area contributed by atoms with Gasteiger partial charge >= 0.3 is 0 Å². The van der Waals surface area contributed by atoms with Gasteiger partial charge in [-0.15, -0.1) is 0 Å². The smallest absolute Gasteiger partial charge is 0.272 e. The Balaban J connectivity index is 1.55. The molecule has 1 aromatic carbocycles. The van der Waals surface area contributed by atoms with Crippen LogP contribution in [-0.2, 0) is 9.53 Å². The molecule has 2 fully saturated rings. The average molecular weight is 489 g/mol. The van der Waals surface area contributed by atoms with Crippen LogP contribution in [0.2, 0.25) is 5.02 Å². The van der Waals surface area contributed by atoms with Crippen molar-refractivity contribution in [2.75, 3.05) is 46.0 Å². The number of hydrogen-bond acceptors (Lipinski definition) is 5. The van der Waals surface area contributed by atoms with Gasteiger partial charge in [-0.05, 0) is 51.0 Å². The molecular formula is C25H33ClN4O4. The first kappa shape index (κ1) is 24.5. The highest BCUT2D eigenvalue weighted by atomic mass is 35.5. The lowest BCUT2D eigenvalue weighted by molar-refractivity contribution is -0.139. The van der Waals surface area contributed by atoms with E-state index in [-0.39, 0.29) is 17.9 Å². The predicted octanol–water partition coefficient (Wildman–Crippen LogP) is 3.67. The summed E-state index contributed by atoms with van der Waals surface area (Å²) >= 11 is 6.14. The number of piperidine rings is 1. The standard InChI is InChI=1S/C25H33ClN4O4/c1-19(2)30-22(7-9-27-30)24(32)29-10-4-8-25(17-29,16-23(31)28-11-13-33-14-12-28)18-34-21-6-3-5-20(26)15-21/h3,5-7,9,15,19H,4,8,10-14,16-18H2,1-2H3. The van der Waals surface area contributed by atoms with Crippen molar-refractivity contribution < 1.29 is 19.1 Å². The fourth-order valence-corrected chi connectivity index (χ4v) is 4.97. The minimum Gasteiger partial charge on any atom is -0.493 e. The van der Waals surface area contributed by atoms with E-state index in [1.807, 2.05) is 35.8 Å². The van der Waals surface area contributed by atoms with Crippen LogP contribution in [0.4, 0.5) is 0 Å². The lowest BCUT2D eigenvalue weighted by atomic mass is 9.77. The number of carbonyl (C=O) groups excluding carboxylic acids is 2. The van der Waals surface area contributed by atoms with E-state index in [0.717, 1.165) is 12.8 Å². The summed E-state index contributed by atoms with van der Waals surface area (Å²) in [6.45, 7) is 7.74. The van der Waals surface area contributed by atoms with Crippen LogP contribution in [0.3, 0.4) is 0 Å². The molecule has 1 aromatic heterocycles. The highest BCUT2D eigenvalue weighted by molar-refractivity contribution is 6.30. The number of ether oxygens (including phenoxy) is 2. The zero-order chi connectivity index (χ0) is 24.1. The number of hydrogen-bond donors (Lipinski definition) is 0. The molecular weight excluding hydrogens is 456 g/mol. The molecule has 2 aliphatic heterocycles. The molecule has 0 saturated carbocycles. The van der Waals surface area contributed by atoms with Gasteiger partial charge < -0.3 is 19.3 Å². The van der Waals surface area contributed by atoms with Gasteiger partial charge in [-0.1, -0.05) is 17.7 Å². The summed E-state index contributed by atoms with van der Waals surface area (Å²) in [5.74, 6) is 0.684. The molecule has 2 amide bonds. The van der Waals surface area contributed by atoms with E-state index in [2.05, 4.69) is 5.10 Å². The van der Waals surface area contributed by atoms with Gasteiger partial charge in [0.05, 0.1) is 19.8 Å². The van der Waals surface area contributed by atoms with Gasteiger partial charge in [-0.2, -0.15) is 5.10 Å². The zero-order valence-corrected chi connectivity index (χ0v) is 20.7. The topological polar surface area (TPSA) is 76.9 Å². The van der Waals surface area contributed by atoms with E-state index in [4.69, 9.17) is 21.1 Å². The molecule has 2 aliphatic rings. The summed E-state index contributed by atoms with van der Waals surface area (Å²) in [5, 5.41) is 4.92. The second kappa shape index (κ2) is 10.8. The highest BCUT2D eigenvalue weighted by Gasteiger charge is 2.41. The molecule has 1 atom stereocenters. The van der Waals surface area contributed by atoms with Gasteiger partial charge in [0.1, 0.15) is 11.4 Å². The Hall–Kier alpha value is -2.58. The van der Waals surface area contributed by atoms with Crippen LogP contribution in [0.5, 0.6) is 5.75 Å². The van der Waals surface area contributed by atoms with Gasteiger partial charge in [-0.3, -0.25) is 14.3 Å². The van der Waals surface area contributed by atoms with Gasteiger partial charge in [0.15, 0.2) is 0 Å². The van der Waals surface area contributed by atoms with Gasteiger partial charge in [-0.25, -0.2) is 0 Å². The lowest BCUT2D eigenvalue weighted by Crippen LogP contribution is -2.52. The Morgan fingerprint density at radius 2 is 1.97 bits per heavy atom. The molecule has 0 spiro atoms. The Bertz CT molecular complexity index is 1000. The Kier molecular flexibility index (Phi) is 7.78. The maximum atomic E-state index is 13.5. The van der Waals surface area contributed by atoms with Crippen molar-refractivity contribution in [3.63, 3.8) is 0 Å². The molecule has 0 bridgehead atoms. The minimum atomic E-state index is -0.492. The van der Waals surface area contributed by atoms with Crippen molar-refractivity contribution in [1.82, 2.24) is 19.6 Å². The fourth-order valence-electron chi connectivity index (χ4n) is 4.79. The SMILES string of the molecule is CC(C)n1nccc1C(=O)N1CCCC(COc2cccc(Cl)c2)(CC(=O)N2CCOCC2)C1. The summed E-state index contributed by atoms with van der Waals surface area (Å²) in [4.78, 5) is 30.5. The molecule has 0 aliphatic carbocycles. The molecule has 0 N–H and O–H groups in total. The summed E-state index contributed by atoms with van der Waals surface area (Å²) in [6.07, 6.45) is 3.59. The number of benzene rings is 1. The molecule has 8 nitrogen and oxygen atoms in total. The van der Waals surface area contributed by atoms with Crippen LogP contribution in [0.25, 0.3) is 0 Å². The van der Waals surface area contributed by atoms with Crippen LogP contribution >= 0.6 is 11.6 Å². The number of aromatic nitrogens is 2. The molecule has 0 radical (unpaired) electrons. The summed E-state index contributed by atoms with van der Waals surface area (Å²) < 4.78 is 13.3. The van der Waals surface area contributed by atoms with Crippen LogP contribution in [0, 0.1) is 5.41 Å². The number of amides is 2. The summed E-state index contributed by atoms with van der Waals surface area (Å²) in [5.41, 5.74) is 0.0787. The first-order valence-corrected chi connectivity index (χ1v) is 12.3. The van der Waals surface area contributed by atoms with Crippen molar-refractivity contribution >= 4 is 23.4 Å². The Morgan fingerprint density at radius 1 is 1.18 bits per heavy atom. The second-order valence-corrected chi connectivity index (χ2v) is 9.94. The number of carbonyl (C=O) groups is 2. The molecule has 2 saturated heterocycles. The molecule has 34 heavy (non-hydrogen) atoms. The third-order valence-electron chi connectivity index (χ3n) is 6.56. The van der Waals surface area contributed by atoms with E-state index in [1.54, 1.807) is 29.1 Å². The van der Waals surface area contributed by atoms with E-state index < -0.39 is 5.41 Å². The van der Waals surface area contributed by atoms with Gasteiger partial charge in [0, 0.05) is 55.3 Å². The maximum Gasteiger partial charge on any atom is 0.272 e. The zero-order valence-electron chi connectivity index (χ0n) is 19.9. The molecule has 4 rings (SSSR count). The number of halogens is 1. The van der Waals surface area contributed by atoms with Crippen LogP contribution in [-0.4, -0.2) is 77.4 Å². The van der Waals surface area contributed by atoms with Gasteiger partial charge in [0.2, 0.25) is 5.91 Å². The quantitative estimate of drug-likeness (QED) is 0.594. The van der Waals surface area contributed by atoms with E-state index >= 15 is 0 Å². The number of morpholine rings is 1. The van der Waals surface area contributed by atoms with Gasteiger partial charge in [0.25, 0.3) is 5.91 Å². The monoisotopic (exact) mass is 488 g/mol. The summed E-state index contributed by atoms with van der Waals surface area (Å²) in [7, 11) is 0. The molecule has 9 heteroatoms. The fraction of sp³-hybridized carbons (Fsp3) is 0.560. The third kappa shape index (κ3) is 5.73. The van der Waals surface area contributed by atoms with Crippen molar-refractivity contribution in [2.24, 2.45) is 5.41 Å². The molecule has 3 heterocycles. The first-order valence-electron chi connectivity index (χ1n) is 11.9. The number of likely N-dealkylation sites (tertiary alicyclic amines) is 1. The second-order valence-electron chi connectivity index (χ2n) is 9.50. The molecule has 2 aromatic rings. The molecule has 1 unspecified atom stereocenters.